The van der Waals surface area contributed by atoms with Crippen molar-refractivity contribution in [1.82, 2.24) is 4.90 Å². The van der Waals surface area contributed by atoms with Gasteiger partial charge in [0.15, 0.2) is 0 Å². The van der Waals surface area contributed by atoms with E-state index in [9.17, 15) is 9.59 Å². The molecule has 0 saturated heterocycles. The molecule has 3 rings (SSSR count). The molecule has 22 heavy (non-hydrogen) atoms. The second-order valence-electron chi connectivity index (χ2n) is 4.86. The Morgan fingerprint density at radius 3 is 2.05 bits per heavy atom. The summed E-state index contributed by atoms with van der Waals surface area (Å²) in [6.45, 7) is 0. The molecule has 2 amide bonds. The number of carbonyl (C=O) groups excluding carboxylic acids is 2. The average Bonchev–Trinajstić information content (AvgIpc) is 2.75. The quantitative estimate of drug-likeness (QED) is 0.598. The van der Waals surface area contributed by atoms with E-state index in [0.29, 0.717) is 26.7 Å². The Morgan fingerprint density at radius 2 is 1.55 bits per heavy atom. The smallest absolute Gasteiger partial charge is 0.262 e. The Morgan fingerprint density at radius 1 is 0.955 bits per heavy atom. The van der Waals surface area contributed by atoms with Gasteiger partial charge in [0.05, 0.1) is 17.2 Å². The highest BCUT2D eigenvalue weighted by Crippen LogP contribution is 2.35. The molecule has 0 N–H and O–H groups in total. The monoisotopic (exact) mass is 353 g/mol. The van der Waals surface area contributed by atoms with Crippen LogP contribution >= 0.6 is 34.8 Å². The van der Waals surface area contributed by atoms with E-state index in [4.69, 9.17) is 34.8 Å². The molecule has 1 atom stereocenters. The van der Waals surface area contributed by atoms with Gasteiger partial charge in [-0.05, 0) is 29.8 Å². The first-order valence-electron chi connectivity index (χ1n) is 6.52. The predicted molar refractivity (Wildman–Crippen MR) is 86.9 cm³/mol. The number of hydrogen-bond acceptors (Lipinski definition) is 2. The van der Waals surface area contributed by atoms with E-state index in [1.165, 1.54) is 0 Å². The van der Waals surface area contributed by atoms with Crippen LogP contribution < -0.4 is 0 Å². The molecule has 0 saturated carbocycles. The van der Waals surface area contributed by atoms with E-state index in [-0.39, 0.29) is 17.7 Å². The largest absolute Gasteiger partial charge is 0.269 e. The second kappa shape index (κ2) is 5.92. The lowest BCUT2D eigenvalue weighted by molar-refractivity contribution is 0.0597. The van der Waals surface area contributed by atoms with Crippen molar-refractivity contribution >= 4 is 46.6 Å². The van der Waals surface area contributed by atoms with Crippen molar-refractivity contribution in [1.29, 1.82) is 0 Å². The molecule has 112 valence electrons. The van der Waals surface area contributed by atoms with Gasteiger partial charge in [0.1, 0.15) is 0 Å². The number of fused-ring (bicyclic) bond motifs is 1. The highest BCUT2D eigenvalue weighted by molar-refractivity contribution is 6.35. The van der Waals surface area contributed by atoms with E-state index in [0.717, 1.165) is 4.90 Å². The Kier molecular flexibility index (Phi) is 4.13. The third kappa shape index (κ3) is 2.39. The molecule has 0 unspecified atom stereocenters. The molecule has 0 spiro atoms. The van der Waals surface area contributed by atoms with Crippen LogP contribution in [0.25, 0.3) is 0 Å². The molecule has 0 aliphatic carbocycles. The van der Waals surface area contributed by atoms with E-state index in [2.05, 4.69) is 0 Å². The second-order valence-corrected chi connectivity index (χ2v) is 6.01. The number of nitrogens with zero attached hydrogens (tertiary/aromatic N) is 1. The number of carbonyl (C=O) groups is 2. The number of imide groups is 1. The molecular weight excluding hydrogens is 345 g/mol. The Hall–Kier alpha value is -1.55. The molecule has 0 fully saturated rings. The van der Waals surface area contributed by atoms with Gasteiger partial charge in [0.2, 0.25) is 0 Å². The molecule has 2 aromatic rings. The minimum absolute atomic E-state index is 0.0484. The molecule has 3 nitrogen and oxygen atoms in total. The van der Waals surface area contributed by atoms with E-state index >= 15 is 0 Å². The first kappa shape index (κ1) is 15.3. The Bertz CT molecular complexity index is 741. The molecule has 1 heterocycles. The van der Waals surface area contributed by atoms with Crippen LogP contribution in [0.4, 0.5) is 0 Å². The van der Waals surface area contributed by atoms with Crippen LogP contribution in [0.2, 0.25) is 10.0 Å². The maximum atomic E-state index is 12.5. The van der Waals surface area contributed by atoms with Gasteiger partial charge in [0, 0.05) is 15.9 Å². The van der Waals surface area contributed by atoms with Crippen LogP contribution in [0.1, 0.15) is 32.3 Å². The van der Waals surface area contributed by atoms with Crippen molar-refractivity contribution in [2.24, 2.45) is 0 Å². The first-order chi connectivity index (χ1) is 10.5. The van der Waals surface area contributed by atoms with Gasteiger partial charge in [-0.25, -0.2) is 0 Å². The number of halogens is 3. The van der Waals surface area contributed by atoms with E-state index in [1.54, 1.807) is 42.5 Å². The van der Waals surface area contributed by atoms with Gasteiger partial charge in [-0.1, -0.05) is 41.4 Å². The number of amides is 2. The summed E-state index contributed by atoms with van der Waals surface area (Å²) < 4.78 is 0. The Balaban J connectivity index is 2.06. The van der Waals surface area contributed by atoms with Crippen LogP contribution in [0.3, 0.4) is 0 Å². The lowest BCUT2D eigenvalue weighted by Crippen LogP contribution is -2.35. The molecule has 0 radical (unpaired) electrons. The van der Waals surface area contributed by atoms with Gasteiger partial charge >= 0.3 is 0 Å². The van der Waals surface area contributed by atoms with Crippen LogP contribution in [-0.4, -0.2) is 22.6 Å². The average molecular weight is 355 g/mol. The number of rotatable bonds is 3. The van der Waals surface area contributed by atoms with Gasteiger partial charge in [0.25, 0.3) is 11.8 Å². The molecule has 6 heteroatoms. The maximum Gasteiger partial charge on any atom is 0.262 e. The third-order valence-electron chi connectivity index (χ3n) is 3.60. The molecule has 1 aliphatic heterocycles. The fourth-order valence-electron chi connectivity index (χ4n) is 2.55. The number of hydrogen-bond donors (Lipinski definition) is 0. The summed E-state index contributed by atoms with van der Waals surface area (Å²) >= 11 is 18.1. The maximum absolute atomic E-state index is 12.5. The van der Waals surface area contributed by atoms with Crippen molar-refractivity contribution in [3.63, 3.8) is 0 Å². The summed E-state index contributed by atoms with van der Waals surface area (Å²) in [6, 6.07) is 11.0. The lowest BCUT2D eigenvalue weighted by atomic mass is 10.1. The highest BCUT2D eigenvalue weighted by atomic mass is 35.5. The van der Waals surface area contributed by atoms with Crippen LogP contribution in [0.15, 0.2) is 42.5 Å². The summed E-state index contributed by atoms with van der Waals surface area (Å²) in [5.74, 6) is -0.679. The zero-order valence-electron chi connectivity index (χ0n) is 11.2. The molecule has 0 aromatic heterocycles. The topological polar surface area (TPSA) is 37.4 Å². The standard InChI is InChI=1S/C16H10Cl3NO2/c17-8-14(12-6-5-9(18)7-13(12)19)20-15(21)10-3-1-2-4-11(10)16(20)22/h1-7,14H,8H2/t14-/m1/s1. The number of benzene rings is 2. The van der Waals surface area contributed by atoms with E-state index in [1.807, 2.05) is 0 Å². The van der Waals surface area contributed by atoms with Crippen molar-refractivity contribution < 1.29 is 9.59 Å². The summed E-state index contributed by atoms with van der Waals surface area (Å²) in [4.78, 5) is 26.2. The molecular formula is C16H10Cl3NO2. The minimum atomic E-state index is -0.640. The number of alkyl halides is 1. The zero-order valence-corrected chi connectivity index (χ0v) is 13.5. The SMILES string of the molecule is O=C1c2ccccc2C(=O)N1[C@H](CCl)c1ccc(Cl)cc1Cl. The van der Waals surface area contributed by atoms with Crippen LogP contribution in [0.5, 0.6) is 0 Å². The molecule has 1 aliphatic rings. The van der Waals surface area contributed by atoms with Crippen molar-refractivity contribution in [3.05, 3.63) is 69.2 Å². The van der Waals surface area contributed by atoms with Gasteiger partial charge in [-0.3, -0.25) is 14.5 Å². The normalized spacial score (nSPS) is 15.1. The van der Waals surface area contributed by atoms with Crippen LogP contribution in [-0.2, 0) is 0 Å². The minimum Gasteiger partial charge on any atom is -0.269 e. The fraction of sp³-hybridized carbons (Fsp3) is 0.125. The summed E-state index contributed by atoms with van der Waals surface area (Å²) in [7, 11) is 0. The third-order valence-corrected chi connectivity index (χ3v) is 4.46. The molecule has 2 aromatic carbocycles. The zero-order chi connectivity index (χ0) is 15.9. The van der Waals surface area contributed by atoms with E-state index < -0.39 is 6.04 Å². The first-order valence-corrected chi connectivity index (χ1v) is 7.81. The summed E-state index contributed by atoms with van der Waals surface area (Å²) in [5.41, 5.74) is 1.36. The van der Waals surface area contributed by atoms with Gasteiger partial charge in [-0.2, -0.15) is 0 Å². The lowest BCUT2D eigenvalue weighted by Gasteiger charge is -2.25. The highest BCUT2D eigenvalue weighted by Gasteiger charge is 2.40. The predicted octanol–water partition coefficient (Wildman–Crippen LogP) is 4.57. The van der Waals surface area contributed by atoms with Gasteiger partial charge < -0.3 is 0 Å². The summed E-state index contributed by atoms with van der Waals surface area (Å²) in [6.07, 6.45) is 0. The molecule has 0 bridgehead atoms. The van der Waals surface area contributed by atoms with Crippen molar-refractivity contribution in [2.45, 2.75) is 6.04 Å². The van der Waals surface area contributed by atoms with Crippen molar-refractivity contribution in [3.8, 4) is 0 Å². The van der Waals surface area contributed by atoms with Crippen LogP contribution in [0, 0.1) is 0 Å². The van der Waals surface area contributed by atoms with Gasteiger partial charge in [-0.15, -0.1) is 11.6 Å². The summed E-state index contributed by atoms with van der Waals surface area (Å²) in [5, 5.41) is 0.846. The van der Waals surface area contributed by atoms with Crippen molar-refractivity contribution in [2.75, 3.05) is 5.88 Å². The fourth-order valence-corrected chi connectivity index (χ4v) is 3.39. The Labute approximate surface area is 142 Å².